The molecule has 0 fully saturated rings. The van der Waals surface area contributed by atoms with Gasteiger partial charge >= 0.3 is 0 Å². The zero-order valence-corrected chi connectivity index (χ0v) is 10.0. The van der Waals surface area contributed by atoms with Crippen LogP contribution in [0.1, 0.15) is 47.0 Å². The number of hydrazine groups is 1. The molecule has 86 valence electrons. The van der Waals surface area contributed by atoms with Gasteiger partial charge in [0.1, 0.15) is 0 Å². The molecule has 0 heterocycles. The second kappa shape index (κ2) is 8.21. The van der Waals surface area contributed by atoms with E-state index in [0.717, 1.165) is 18.9 Å². The van der Waals surface area contributed by atoms with Crippen molar-refractivity contribution < 1.29 is 4.74 Å². The van der Waals surface area contributed by atoms with Crippen molar-refractivity contribution in [2.75, 3.05) is 6.61 Å². The van der Waals surface area contributed by atoms with Crippen molar-refractivity contribution in [2.24, 2.45) is 11.8 Å². The van der Waals surface area contributed by atoms with Crippen LogP contribution in [-0.4, -0.2) is 18.8 Å². The van der Waals surface area contributed by atoms with E-state index in [2.05, 4.69) is 26.2 Å². The van der Waals surface area contributed by atoms with Gasteiger partial charge in [0, 0.05) is 12.6 Å². The van der Waals surface area contributed by atoms with Gasteiger partial charge in [0.05, 0.1) is 6.10 Å². The third-order valence-corrected chi connectivity index (χ3v) is 2.51. The quantitative estimate of drug-likeness (QED) is 0.468. The highest BCUT2D eigenvalue weighted by Gasteiger charge is 2.15. The number of ether oxygens (including phenoxy) is 1. The molecule has 3 heteroatoms. The van der Waals surface area contributed by atoms with Crippen LogP contribution in [0.2, 0.25) is 0 Å². The molecule has 0 bridgehead atoms. The predicted molar refractivity (Wildman–Crippen MR) is 60.9 cm³/mol. The van der Waals surface area contributed by atoms with Gasteiger partial charge in [-0.05, 0) is 26.2 Å². The van der Waals surface area contributed by atoms with Crippen molar-refractivity contribution >= 4 is 0 Å². The summed E-state index contributed by atoms with van der Waals surface area (Å²) in [5, 5.41) is 0. The van der Waals surface area contributed by atoms with Gasteiger partial charge in [0.15, 0.2) is 0 Å². The van der Waals surface area contributed by atoms with Gasteiger partial charge in [-0.2, -0.15) is 0 Å². The smallest absolute Gasteiger partial charge is 0.0713 e. The van der Waals surface area contributed by atoms with Crippen LogP contribution in [0.5, 0.6) is 0 Å². The molecule has 3 N–H and O–H groups in total. The van der Waals surface area contributed by atoms with Crippen LogP contribution in [0.25, 0.3) is 0 Å². The van der Waals surface area contributed by atoms with E-state index in [4.69, 9.17) is 10.6 Å². The highest BCUT2D eigenvalue weighted by Crippen LogP contribution is 2.11. The highest BCUT2D eigenvalue weighted by atomic mass is 16.5. The first kappa shape index (κ1) is 13.9. The van der Waals surface area contributed by atoms with Crippen LogP contribution in [-0.2, 0) is 4.74 Å². The van der Waals surface area contributed by atoms with E-state index in [-0.39, 0.29) is 12.1 Å². The summed E-state index contributed by atoms with van der Waals surface area (Å²) in [6.07, 6.45) is 3.77. The first-order valence-corrected chi connectivity index (χ1v) is 5.69. The van der Waals surface area contributed by atoms with Crippen molar-refractivity contribution in [3.05, 3.63) is 0 Å². The molecular weight excluding hydrogens is 176 g/mol. The van der Waals surface area contributed by atoms with Crippen LogP contribution in [0.4, 0.5) is 0 Å². The fourth-order valence-electron chi connectivity index (χ4n) is 1.58. The Morgan fingerprint density at radius 3 is 2.29 bits per heavy atom. The molecule has 0 aromatic carbocycles. The van der Waals surface area contributed by atoms with Gasteiger partial charge in [-0.3, -0.25) is 11.3 Å². The maximum Gasteiger partial charge on any atom is 0.0713 e. The molecule has 14 heavy (non-hydrogen) atoms. The van der Waals surface area contributed by atoms with E-state index in [9.17, 15) is 0 Å². The van der Waals surface area contributed by atoms with E-state index in [1.807, 2.05) is 6.92 Å². The number of rotatable bonds is 8. The molecule has 0 amide bonds. The minimum absolute atomic E-state index is 0.206. The normalized spacial score (nSPS) is 15.9. The Hall–Kier alpha value is -0.120. The summed E-state index contributed by atoms with van der Waals surface area (Å²) in [6.45, 7) is 9.33. The second-order valence-electron chi connectivity index (χ2n) is 4.26. The third-order valence-electron chi connectivity index (χ3n) is 2.51. The van der Waals surface area contributed by atoms with Gasteiger partial charge < -0.3 is 4.74 Å². The van der Waals surface area contributed by atoms with Crippen molar-refractivity contribution in [3.8, 4) is 0 Å². The van der Waals surface area contributed by atoms with Gasteiger partial charge in [0.2, 0.25) is 0 Å². The third kappa shape index (κ3) is 6.35. The van der Waals surface area contributed by atoms with E-state index < -0.39 is 0 Å². The molecule has 0 aliphatic heterocycles. The molecule has 0 saturated carbocycles. The number of hydrogen-bond donors (Lipinski definition) is 2. The van der Waals surface area contributed by atoms with Crippen LogP contribution in [0.3, 0.4) is 0 Å². The minimum atomic E-state index is 0.206. The lowest BCUT2D eigenvalue weighted by atomic mass is 10.0. The van der Waals surface area contributed by atoms with Crippen LogP contribution in [0.15, 0.2) is 0 Å². The number of nitrogens with one attached hydrogen (secondary N) is 1. The lowest BCUT2D eigenvalue weighted by Crippen LogP contribution is -2.43. The molecule has 0 aliphatic rings. The lowest BCUT2D eigenvalue weighted by Gasteiger charge is -2.23. The van der Waals surface area contributed by atoms with Crippen molar-refractivity contribution in [3.63, 3.8) is 0 Å². The maximum atomic E-state index is 5.51. The predicted octanol–water partition coefficient (Wildman–Crippen LogP) is 2.07. The van der Waals surface area contributed by atoms with Crippen molar-refractivity contribution in [1.82, 2.24) is 5.43 Å². The molecular formula is C11H26N2O. The fraction of sp³-hybridized carbons (Fsp3) is 1.00. The molecule has 0 saturated heterocycles. The molecule has 0 rings (SSSR count). The second-order valence-corrected chi connectivity index (χ2v) is 4.26. The average molecular weight is 202 g/mol. The summed E-state index contributed by atoms with van der Waals surface area (Å²) >= 11 is 0. The van der Waals surface area contributed by atoms with E-state index >= 15 is 0 Å². The summed E-state index contributed by atoms with van der Waals surface area (Å²) in [6, 6.07) is 0.286. The Morgan fingerprint density at radius 2 is 1.86 bits per heavy atom. The van der Waals surface area contributed by atoms with Gasteiger partial charge in [0.25, 0.3) is 0 Å². The Kier molecular flexibility index (Phi) is 8.14. The van der Waals surface area contributed by atoms with Gasteiger partial charge in [-0.15, -0.1) is 0 Å². The molecule has 0 aliphatic carbocycles. The lowest BCUT2D eigenvalue weighted by molar-refractivity contribution is 0.0443. The van der Waals surface area contributed by atoms with Gasteiger partial charge in [-0.1, -0.05) is 26.7 Å². The molecule has 0 radical (unpaired) electrons. The summed E-state index contributed by atoms with van der Waals surface area (Å²) in [5.41, 5.74) is 2.84. The van der Waals surface area contributed by atoms with E-state index in [0.29, 0.717) is 0 Å². The maximum absolute atomic E-state index is 5.51. The fourth-order valence-corrected chi connectivity index (χ4v) is 1.58. The monoisotopic (exact) mass is 202 g/mol. The molecule has 2 unspecified atom stereocenters. The van der Waals surface area contributed by atoms with Crippen LogP contribution < -0.4 is 11.3 Å². The summed E-state index contributed by atoms with van der Waals surface area (Å²) < 4.78 is 5.51. The molecule has 2 atom stereocenters. The highest BCUT2D eigenvalue weighted by molar-refractivity contribution is 4.71. The van der Waals surface area contributed by atoms with Crippen LogP contribution >= 0.6 is 0 Å². The topological polar surface area (TPSA) is 47.3 Å². The van der Waals surface area contributed by atoms with E-state index in [1.165, 1.54) is 12.8 Å². The van der Waals surface area contributed by atoms with Crippen molar-refractivity contribution in [1.29, 1.82) is 0 Å². The zero-order valence-electron chi connectivity index (χ0n) is 10.0. The molecule has 0 aromatic heterocycles. The van der Waals surface area contributed by atoms with E-state index in [1.54, 1.807) is 0 Å². The average Bonchev–Trinajstić information content (AvgIpc) is 2.12. The number of nitrogens with two attached hydrogens (primary N) is 1. The molecule has 3 nitrogen and oxygen atoms in total. The Balaban J connectivity index is 3.66. The van der Waals surface area contributed by atoms with Crippen molar-refractivity contribution in [2.45, 2.75) is 59.1 Å². The minimum Gasteiger partial charge on any atom is -0.377 e. The molecule has 0 spiro atoms. The molecule has 0 aromatic rings. The largest absolute Gasteiger partial charge is 0.377 e. The Bertz CT molecular complexity index is 128. The Labute approximate surface area is 88.4 Å². The summed E-state index contributed by atoms with van der Waals surface area (Å²) in [7, 11) is 0. The number of hydrogen-bond acceptors (Lipinski definition) is 3. The van der Waals surface area contributed by atoms with Gasteiger partial charge in [-0.25, -0.2) is 0 Å². The first-order chi connectivity index (χ1) is 6.61. The zero-order chi connectivity index (χ0) is 11.0. The first-order valence-electron chi connectivity index (χ1n) is 5.69. The SMILES string of the molecule is CCOC(C)C(CCCC(C)C)NN. The summed E-state index contributed by atoms with van der Waals surface area (Å²) in [4.78, 5) is 0. The Morgan fingerprint density at radius 1 is 1.21 bits per heavy atom. The van der Waals surface area contributed by atoms with Crippen LogP contribution in [0, 0.1) is 5.92 Å². The standard InChI is InChI=1S/C11H26N2O/c1-5-14-10(4)11(13-12)8-6-7-9(2)3/h9-11,13H,5-8,12H2,1-4H3. The summed E-state index contributed by atoms with van der Waals surface area (Å²) in [5.74, 6) is 6.26.